The number of aromatic nitrogens is 1. The van der Waals surface area contributed by atoms with Crippen LogP contribution in [0.4, 0.5) is 13.2 Å². The molecule has 0 spiro atoms. The molecule has 0 aliphatic heterocycles. The lowest BCUT2D eigenvalue weighted by molar-refractivity contribution is -0.136. The maximum Gasteiger partial charge on any atom is 0.307 e. The molecule has 7 heteroatoms. The van der Waals surface area contributed by atoms with Crippen LogP contribution in [0, 0.1) is 5.95 Å². The van der Waals surface area contributed by atoms with Crippen LogP contribution in [-0.4, -0.2) is 16.1 Å². The highest BCUT2D eigenvalue weighted by Gasteiger charge is 2.18. The molecule has 1 heterocycles. The molecule has 0 aliphatic rings. The summed E-state index contributed by atoms with van der Waals surface area (Å²) in [6, 6.07) is 0.712. The van der Waals surface area contributed by atoms with Gasteiger partial charge in [-0.15, -0.1) is 0 Å². The van der Waals surface area contributed by atoms with Gasteiger partial charge in [0.25, 0.3) is 6.43 Å². The summed E-state index contributed by atoms with van der Waals surface area (Å²) in [6.45, 7) is 0. The third-order valence-electron chi connectivity index (χ3n) is 1.61. The molecule has 0 unspecified atom stereocenters. The van der Waals surface area contributed by atoms with Crippen LogP contribution in [-0.2, 0) is 11.2 Å². The number of carboxylic acids is 1. The first-order chi connectivity index (χ1) is 6.91. The summed E-state index contributed by atoms with van der Waals surface area (Å²) in [4.78, 5) is 13.3. The molecule has 1 aromatic rings. The van der Waals surface area contributed by atoms with Crippen LogP contribution in [0.3, 0.4) is 0 Å². The zero-order chi connectivity index (χ0) is 11.6. The van der Waals surface area contributed by atoms with Gasteiger partial charge in [-0.3, -0.25) is 4.79 Å². The van der Waals surface area contributed by atoms with Crippen LogP contribution in [0.15, 0.2) is 6.07 Å². The number of hydrogen-bond donors (Lipinski definition) is 1. The molecule has 82 valence electrons. The largest absolute Gasteiger partial charge is 0.481 e. The van der Waals surface area contributed by atoms with Gasteiger partial charge in [0.1, 0.15) is 5.15 Å². The maximum absolute atomic E-state index is 12.8. The van der Waals surface area contributed by atoms with Gasteiger partial charge in [0.2, 0.25) is 5.95 Å². The summed E-state index contributed by atoms with van der Waals surface area (Å²) in [7, 11) is 0. The Labute approximate surface area is 87.5 Å². The van der Waals surface area contributed by atoms with Crippen molar-refractivity contribution >= 4 is 17.6 Å². The van der Waals surface area contributed by atoms with Gasteiger partial charge in [0.15, 0.2) is 0 Å². The maximum atomic E-state index is 12.8. The van der Waals surface area contributed by atoms with Gasteiger partial charge < -0.3 is 5.11 Å². The highest BCUT2D eigenvalue weighted by molar-refractivity contribution is 6.30. The summed E-state index contributed by atoms with van der Waals surface area (Å²) in [5.74, 6) is -2.64. The van der Waals surface area contributed by atoms with Crippen molar-refractivity contribution in [2.24, 2.45) is 0 Å². The molecule has 1 N–H and O–H groups in total. The fraction of sp³-hybridized carbons (Fsp3) is 0.250. The average Bonchev–Trinajstić information content (AvgIpc) is 2.08. The zero-order valence-corrected chi connectivity index (χ0v) is 7.93. The predicted molar refractivity (Wildman–Crippen MR) is 45.5 cm³/mol. The predicted octanol–water partition coefficient (Wildman–Crippen LogP) is 2.44. The van der Waals surface area contributed by atoms with Crippen LogP contribution in [0.5, 0.6) is 0 Å². The van der Waals surface area contributed by atoms with Crippen molar-refractivity contribution in [2.45, 2.75) is 12.8 Å². The lowest BCUT2D eigenvalue weighted by Crippen LogP contribution is -2.05. The molecular formula is C8H5ClF3NO2. The van der Waals surface area contributed by atoms with E-state index in [0.717, 1.165) is 0 Å². The number of nitrogens with zero attached hydrogens (tertiary/aromatic N) is 1. The molecule has 1 aromatic heterocycles. The Morgan fingerprint density at radius 1 is 1.60 bits per heavy atom. The molecule has 0 radical (unpaired) electrons. The van der Waals surface area contributed by atoms with E-state index >= 15 is 0 Å². The molecule has 0 bridgehead atoms. The molecule has 0 aliphatic carbocycles. The minimum Gasteiger partial charge on any atom is -0.481 e. The number of halogens is 4. The van der Waals surface area contributed by atoms with Crippen molar-refractivity contribution in [1.29, 1.82) is 0 Å². The van der Waals surface area contributed by atoms with E-state index < -0.39 is 35.5 Å². The van der Waals surface area contributed by atoms with Crippen molar-refractivity contribution in [3.05, 3.63) is 28.3 Å². The normalized spacial score (nSPS) is 10.7. The quantitative estimate of drug-likeness (QED) is 0.824. The van der Waals surface area contributed by atoms with Gasteiger partial charge in [-0.05, 0) is 6.07 Å². The minimum absolute atomic E-state index is 0.138. The van der Waals surface area contributed by atoms with E-state index in [-0.39, 0.29) is 5.56 Å². The topological polar surface area (TPSA) is 50.2 Å². The highest BCUT2D eigenvalue weighted by atomic mass is 35.5. The van der Waals surface area contributed by atoms with E-state index in [1.165, 1.54) is 0 Å². The molecule has 1 rings (SSSR count). The van der Waals surface area contributed by atoms with Gasteiger partial charge in [-0.1, -0.05) is 11.6 Å². The summed E-state index contributed by atoms with van der Waals surface area (Å²) >= 11 is 5.39. The molecule has 0 fully saturated rings. The monoisotopic (exact) mass is 239 g/mol. The Morgan fingerprint density at radius 3 is 2.67 bits per heavy atom. The van der Waals surface area contributed by atoms with Gasteiger partial charge in [0.05, 0.1) is 12.0 Å². The number of carboxylic acid groups (broad SMARTS) is 1. The highest BCUT2D eigenvalue weighted by Crippen LogP contribution is 2.25. The van der Waals surface area contributed by atoms with Crippen molar-refractivity contribution in [2.75, 3.05) is 0 Å². The number of pyridine rings is 1. The van der Waals surface area contributed by atoms with Gasteiger partial charge in [-0.25, -0.2) is 13.8 Å². The SMILES string of the molecule is O=C(O)Cc1cc(C(F)F)c(F)nc1Cl. The van der Waals surface area contributed by atoms with Crippen LogP contribution in [0.2, 0.25) is 5.15 Å². The van der Waals surface area contributed by atoms with Crippen LogP contribution in [0.1, 0.15) is 17.6 Å². The third-order valence-corrected chi connectivity index (χ3v) is 1.93. The van der Waals surface area contributed by atoms with E-state index in [0.29, 0.717) is 6.07 Å². The second-order valence-corrected chi connectivity index (χ2v) is 3.05. The molecule has 3 nitrogen and oxygen atoms in total. The van der Waals surface area contributed by atoms with Gasteiger partial charge in [-0.2, -0.15) is 4.39 Å². The number of carbonyl (C=O) groups is 1. The Bertz CT molecular complexity index is 398. The van der Waals surface area contributed by atoms with Crippen molar-refractivity contribution in [3.8, 4) is 0 Å². The van der Waals surface area contributed by atoms with Crippen LogP contribution < -0.4 is 0 Å². The summed E-state index contributed by atoms with van der Waals surface area (Å²) in [6.07, 6.45) is -3.63. The average molecular weight is 240 g/mol. The van der Waals surface area contributed by atoms with E-state index in [2.05, 4.69) is 4.98 Å². The standard InChI is InChI=1S/C8H5ClF3NO2/c9-6-3(2-5(14)15)1-4(7(10)11)8(12)13-6/h1,7H,2H2,(H,14,15). The van der Waals surface area contributed by atoms with Gasteiger partial charge in [0, 0.05) is 5.56 Å². The molecular weight excluding hydrogens is 235 g/mol. The molecule has 0 saturated carbocycles. The molecule has 15 heavy (non-hydrogen) atoms. The fourth-order valence-corrected chi connectivity index (χ4v) is 1.16. The first kappa shape index (κ1) is 11.8. The minimum atomic E-state index is -3.05. The zero-order valence-electron chi connectivity index (χ0n) is 7.18. The smallest absolute Gasteiger partial charge is 0.307 e. The third kappa shape index (κ3) is 2.82. The Balaban J connectivity index is 3.17. The second kappa shape index (κ2) is 4.48. The fourth-order valence-electron chi connectivity index (χ4n) is 0.969. The molecule has 0 amide bonds. The van der Waals surface area contributed by atoms with E-state index in [1.807, 2.05) is 0 Å². The summed E-state index contributed by atoms with van der Waals surface area (Å²) in [5.41, 5.74) is -1.09. The van der Waals surface area contributed by atoms with Crippen LogP contribution >= 0.6 is 11.6 Å². The summed E-state index contributed by atoms with van der Waals surface area (Å²) < 4.78 is 37.2. The van der Waals surface area contributed by atoms with E-state index in [4.69, 9.17) is 16.7 Å². The number of rotatable bonds is 3. The van der Waals surface area contributed by atoms with Crippen LogP contribution in [0.25, 0.3) is 0 Å². The Morgan fingerprint density at radius 2 is 2.20 bits per heavy atom. The number of aliphatic carboxylic acids is 1. The lowest BCUT2D eigenvalue weighted by Gasteiger charge is -2.05. The molecule has 0 aromatic carbocycles. The molecule has 0 atom stereocenters. The number of hydrogen-bond acceptors (Lipinski definition) is 2. The van der Waals surface area contributed by atoms with Crippen molar-refractivity contribution in [3.63, 3.8) is 0 Å². The summed E-state index contributed by atoms with van der Waals surface area (Å²) in [5, 5.41) is 8.01. The Hall–Kier alpha value is -1.30. The lowest BCUT2D eigenvalue weighted by atomic mass is 10.1. The first-order valence-electron chi connectivity index (χ1n) is 3.76. The Kier molecular flexibility index (Phi) is 3.52. The first-order valence-corrected chi connectivity index (χ1v) is 4.14. The van der Waals surface area contributed by atoms with E-state index in [9.17, 15) is 18.0 Å². The van der Waals surface area contributed by atoms with E-state index in [1.54, 1.807) is 0 Å². The van der Waals surface area contributed by atoms with Crippen molar-refractivity contribution in [1.82, 2.24) is 4.98 Å². The number of alkyl halides is 2. The molecule has 0 saturated heterocycles. The van der Waals surface area contributed by atoms with Crippen molar-refractivity contribution < 1.29 is 23.1 Å². The second-order valence-electron chi connectivity index (χ2n) is 2.69. The van der Waals surface area contributed by atoms with Gasteiger partial charge >= 0.3 is 5.97 Å².